The highest BCUT2D eigenvalue weighted by Gasteiger charge is 2.26. The van der Waals surface area contributed by atoms with Crippen LogP contribution in [0.5, 0.6) is 0 Å². The summed E-state index contributed by atoms with van der Waals surface area (Å²) < 4.78 is 33.2. The first kappa shape index (κ1) is 14.9. The number of hydrogen-bond acceptors (Lipinski definition) is 5. The summed E-state index contributed by atoms with van der Waals surface area (Å²) in [5.41, 5.74) is -0.827. The van der Waals surface area contributed by atoms with Gasteiger partial charge in [-0.05, 0) is 13.0 Å². The highest BCUT2D eigenvalue weighted by atomic mass is 31.2. The van der Waals surface area contributed by atoms with Crippen LogP contribution in [0.2, 0.25) is 0 Å². The monoisotopic (exact) mass is 306 g/mol. The first-order chi connectivity index (χ1) is 9.26. The molecule has 1 aromatic rings. The molecular weight excluding hydrogens is 294 g/mol. The molecule has 0 aliphatic carbocycles. The van der Waals surface area contributed by atoms with E-state index in [9.17, 15) is 18.4 Å². The molecule has 8 nitrogen and oxygen atoms in total. The van der Waals surface area contributed by atoms with Crippen molar-refractivity contribution in [3.8, 4) is 0 Å². The van der Waals surface area contributed by atoms with E-state index in [-0.39, 0.29) is 0 Å². The lowest BCUT2D eigenvalue weighted by molar-refractivity contribution is -0.00895. The van der Waals surface area contributed by atoms with Crippen molar-refractivity contribution in [2.45, 2.75) is 19.3 Å². The summed E-state index contributed by atoms with van der Waals surface area (Å²) in [4.78, 5) is 33.3. The number of rotatable bonds is 4. The molecule has 0 fully saturated rings. The number of aromatic nitrogens is 2. The molecule has 0 amide bonds. The van der Waals surface area contributed by atoms with Crippen LogP contribution in [-0.2, 0) is 13.8 Å². The minimum atomic E-state index is -5.06. The van der Waals surface area contributed by atoms with Crippen molar-refractivity contribution in [3.05, 3.63) is 44.8 Å². The molecule has 0 bridgehead atoms. The van der Waals surface area contributed by atoms with Gasteiger partial charge in [-0.3, -0.25) is 23.8 Å². The number of halogens is 1. The maximum absolute atomic E-state index is 12.3. The molecule has 0 saturated carbocycles. The van der Waals surface area contributed by atoms with Crippen molar-refractivity contribution in [3.63, 3.8) is 0 Å². The van der Waals surface area contributed by atoms with Gasteiger partial charge in [-0.15, -0.1) is 4.20 Å². The van der Waals surface area contributed by atoms with Crippen LogP contribution in [-0.4, -0.2) is 27.2 Å². The minimum Gasteiger partial charge on any atom is -0.344 e. The van der Waals surface area contributed by atoms with E-state index < -0.39 is 38.1 Å². The van der Waals surface area contributed by atoms with Gasteiger partial charge in [0.2, 0.25) is 0 Å². The third-order valence-corrected chi connectivity index (χ3v) is 3.09. The van der Waals surface area contributed by atoms with Crippen LogP contribution >= 0.6 is 7.91 Å². The summed E-state index contributed by atoms with van der Waals surface area (Å²) >= 11 is 0. The molecule has 2 rings (SSSR count). The van der Waals surface area contributed by atoms with Crippen molar-refractivity contribution >= 4 is 7.91 Å². The SMILES string of the molecule is Cc1cn([C@H]2C=C[C@@H](COP(=O)(O)F)O2)c(=O)[nH]c1=O. The molecule has 10 heteroatoms. The summed E-state index contributed by atoms with van der Waals surface area (Å²) in [6.45, 7) is 1.06. The van der Waals surface area contributed by atoms with Crippen LogP contribution in [0.4, 0.5) is 4.20 Å². The number of H-pyrrole nitrogens is 1. The Hall–Kier alpha value is -1.54. The van der Waals surface area contributed by atoms with Crippen LogP contribution in [0.25, 0.3) is 0 Å². The first-order valence-electron chi connectivity index (χ1n) is 5.59. The summed E-state index contributed by atoms with van der Waals surface area (Å²) in [5, 5.41) is 0. The van der Waals surface area contributed by atoms with E-state index in [1.807, 2.05) is 0 Å². The number of aryl methyl sites for hydroxylation is 1. The Bertz CT molecular complexity index is 690. The molecular formula is C10H12FN2O6P. The fraction of sp³-hybridized carbons (Fsp3) is 0.400. The van der Waals surface area contributed by atoms with Gasteiger partial charge >= 0.3 is 13.6 Å². The molecule has 20 heavy (non-hydrogen) atoms. The van der Waals surface area contributed by atoms with E-state index in [1.54, 1.807) is 0 Å². The Morgan fingerprint density at radius 3 is 2.90 bits per heavy atom. The second-order valence-corrected chi connectivity index (χ2v) is 5.34. The fourth-order valence-electron chi connectivity index (χ4n) is 1.68. The van der Waals surface area contributed by atoms with Gasteiger partial charge in [-0.25, -0.2) is 9.36 Å². The quantitative estimate of drug-likeness (QED) is 0.615. The van der Waals surface area contributed by atoms with Crippen LogP contribution in [0.3, 0.4) is 0 Å². The molecule has 1 aromatic heterocycles. The lowest BCUT2D eigenvalue weighted by atomic mass is 10.3. The Balaban J connectivity index is 2.09. The van der Waals surface area contributed by atoms with E-state index >= 15 is 0 Å². The van der Waals surface area contributed by atoms with Gasteiger partial charge < -0.3 is 4.74 Å². The van der Waals surface area contributed by atoms with E-state index in [0.717, 1.165) is 4.57 Å². The smallest absolute Gasteiger partial charge is 0.344 e. The van der Waals surface area contributed by atoms with Crippen molar-refractivity contribution < 1.29 is 22.9 Å². The van der Waals surface area contributed by atoms with Gasteiger partial charge in [0.05, 0.1) is 6.61 Å². The number of ether oxygens (including phenoxy) is 1. The molecule has 2 N–H and O–H groups in total. The molecule has 0 saturated heterocycles. The summed E-state index contributed by atoms with van der Waals surface area (Å²) in [6, 6.07) is 0. The van der Waals surface area contributed by atoms with E-state index in [1.165, 1.54) is 25.3 Å². The van der Waals surface area contributed by atoms with Gasteiger partial charge in [-0.1, -0.05) is 6.08 Å². The predicted octanol–water partition coefficient (Wildman–Crippen LogP) is 0.385. The van der Waals surface area contributed by atoms with Crippen LogP contribution in [0, 0.1) is 6.92 Å². The number of aromatic amines is 1. The highest BCUT2D eigenvalue weighted by molar-refractivity contribution is 7.46. The van der Waals surface area contributed by atoms with E-state index in [4.69, 9.17) is 9.63 Å². The molecule has 1 unspecified atom stereocenters. The second-order valence-electron chi connectivity index (χ2n) is 4.18. The predicted molar refractivity (Wildman–Crippen MR) is 66.0 cm³/mol. The summed E-state index contributed by atoms with van der Waals surface area (Å²) in [5.74, 6) is 0. The van der Waals surface area contributed by atoms with Gasteiger partial charge in [0.25, 0.3) is 5.56 Å². The molecule has 0 radical (unpaired) electrons. The Kier molecular flexibility index (Phi) is 4.05. The fourth-order valence-corrected chi connectivity index (χ4v) is 2.01. The number of hydrogen-bond donors (Lipinski definition) is 2. The average Bonchev–Trinajstić information content (AvgIpc) is 2.79. The largest absolute Gasteiger partial charge is 0.510 e. The first-order valence-corrected chi connectivity index (χ1v) is 7.06. The van der Waals surface area contributed by atoms with Crippen molar-refractivity contribution in [1.82, 2.24) is 9.55 Å². The average molecular weight is 306 g/mol. The highest BCUT2D eigenvalue weighted by Crippen LogP contribution is 2.43. The summed E-state index contributed by atoms with van der Waals surface area (Å²) in [7, 11) is -5.06. The van der Waals surface area contributed by atoms with Gasteiger partial charge in [0.1, 0.15) is 6.10 Å². The third-order valence-electron chi connectivity index (χ3n) is 2.62. The molecule has 3 atom stereocenters. The van der Waals surface area contributed by atoms with Crippen LogP contribution in [0.15, 0.2) is 27.9 Å². The van der Waals surface area contributed by atoms with E-state index in [2.05, 4.69) is 9.51 Å². The van der Waals surface area contributed by atoms with Crippen LogP contribution in [0.1, 0.15) is 11.8 Å². The van der Waals surface area contributed by atoms with Gasteiger partial charge in [0, 0.05) is 11.8 Å². The van der Waals surface area contributed by atoms with Crippen molar-refractivity contribution in [2.24, 2.45) is 0 Å². The zero-order valence-electron chi connectivity index (χ0n) is 10.4. The Morgan fingerprint density at radius 1 is 1.55 bits per heavy atom. The second kappa shape index (κ2) is 5.45. The van der Waals surface area contributed by atoms with E-state index in [0.29, 0.717) is 5.56 Å². The number of nitrogens with zero attached hydrogens (tertiary/aromatic N) is 1. The normalized spacial score (nSPS) is 24.8. The maximum Gasteiger partial charge on any atom is 0.510 e. The van der Waals surface area contributed by atoms with Crippen LogP contribution < -0.4 is 11.2 Å². The zero-order chi connectivity index (χ0) is 14.9. The topological polar surface area (TPSA) is 111 Å². The zero-order valence-corrected chi connectivity index (χ0v) is 11.2. The molecule has 1 aliphatic heterocycles. The lowest BCUT2D eigenvalue weighted by Gasteiger charge is -2.16. The molecule has 0 aromatic carbocycles. The van der Waals surface area contributed by atoms with Gasteiger partial charge in [0.15, 0.2) is 6.23 Å². The van der Waals surface area contributed by atoms with Crippen molar-refractivity contribution in [1.29, 1.82) is 0 Å². The molecule has 1 aliphatic rings. The number of nitrogens with one attached hydrogen (secondary N) is 1. The summed E-state index contributed by atoms with van der Waals surface area (Å²) in [6.07, 6.45) is 2.71. The molecule has 110 valence electrons. The standard InChI is InChI=1S/C10H12FN2O6P/c1-6-4-13(10(15)12-9(6)14)8-3-2-7(19-8)5-18-20(11,16)17/h2-4,7-8H,5H2,1H3,(H,16,17)(H,12,14,15)/t7-,8+/m0/s1. The lowest BCUT2D eigenvalue weighted by Crippen LogP contribution is -2.33. The van der Waals surface area contributed by atoms with Gasteiger partial charge in [-0.2, -0.15) is 0 Å². The minimum absolute atomic E-state index is 0.324. The molecule has 0 spiro atoms. The third kappa shape index (κ3) is 3.51. The maximum atomic E-state index is 12.3. The molecule has 2 heterocycles. The Labute approximate surface area is 112 Å². The Morgan fingerprint density at radius 2 is 2.25 bits per heavy atom. The van der Waals surface area contributed by atoms with Crippen molar-refractivity contribution in [2.75, 3.05) is 6.61 Å².